The van der Waals surface area contributed by atoms with Gasteiger partial charge in [-0.3, -0.25) is 4.98 Å². The summed E-state index contributed by atoms with van der Waals surface area (Å²) in [5.41, 5.74) is 2.13. The average Bonchev–Trinajstić information content (AvgIpc) is 2.80. The van der Waals surface area contributed by atoms with Crippen molar-refractivity contribution in [1.82, 2.24) is 9.55 Å². The van der Waals surface area contributed by atoms with Crippen molar-refractivity contribution in [3.63, 3.8) is 0 Å². The molecule has 0 radical (unpaired) electrons. The van der Waals surface area contributed by atoms with Crippen molar-refractivity contribution in [2.45, 2.75) is 0 Å². The van der Waals surface area contributed by atoms with Gasteiger partial charge in [0.25, 0.3) is 0 Å². The molecule has 4 nitrogen and oxygen atoms in total. The number of fused-ring (bicyclic) bond motifs is 1. The molecule has 94 valence electrons. The number of pyridine rings is 1. The number of aromatic carboxylic acids is 1. The SMILES string of the molecule is Cn1c(C(=O)O)ccc1-c1cccc2ccncc12. The molecule has 0 aliphatic heterocycles. The van der Waals surface area contributed by atoms with E-state index >= 15 is 0 Å². The number of hydrogen-bond donors (Lipinski definition) is 1. The molecule has 0 atom stereocenters. The third kappa shape index (κ3) is 1.78. The van der Waals surface area contributed by atoms with E-state index in [1.54, 1.807) is 30.1 Å². The Morgan fingerprint density at radius 3 is 2.79 bits per heavy atom. The van der Waals surface area contributed by atoms with Gasteiger partial charge in [0, 0.05) is 36.1 Å². The number of carbonyl (C=O) groups is 1. The standard InChI is InChI=1S/C15H12N2O2/c1-17-13(5-6-14(17)15(18)19)11-4-2-3-10-7-8-16-9-12(10)11/h2-9H,1H3,(H,18,19). The summed E-state index contributed by atoms with van der Waals surface area (Å²) in [6.07, 6.45) is 3.55. The number of carboxylic acids is 1. The van der Waals surface area contributed by atoms with Gasteiger partial charge in [-0.1, -0.05) is 18.2 Å². The van der Waals surface area contributed by atoms with Crippen LogP contribution >= 0.6 is 0 Å². The van der Waals surface area contributed by atoms with Gasteiger partial charge in [0.2, 0.25) is 0 Å². The Labute approximate surface area is 109 Å². The molecule has 19 heavy (non-hydrogen) atoms. The van der Waals surface area contributed by atoms with E-state index in [0.29, 0.717) is 0 Å². The van der Waals surface area contributed by atoms with Crippen molar-refractivity contribution >= 4 is 16.7 Å². The molecule has 0 spiro atoms. The predicted octanol–water partition coefficient (Wildman–Crippen LogP) is 2.94. The maximum atomic E-state index is 11.1. The molecule has 3 rings (SSSR count). The molecule has 2 aromatic heterocycles. The minimum absolute atomic E-state index is 0.274. The van der Waals surface area contributed by atoms with Crippen LogP contribution in [0.1, 0.15) is 10.5 Å². The Bertz CT molecular complexity index is 769. The Morgan fingerprint density at radius 1 is 1.21 bits per heavy atom. The van der Waals surface area contributed by atoms with Gasteiger partial charge in [-0.2, -0.15) is 0 Å². The molecule has 0 bridgehead atoms. The van der Waals surface area contributed by atoms with Gasteiger partial charge in [-0.25, -0.2) is 4.79 Å². The van der Waals surface area contributed by atoms with Crippen LogP contribution in [-0.2, 0) is 7.05 Å². The van der Waals surface area contributed by atoms with E-state index < -0.39 is 5.97 Å². The summed E-state index contributed by atoms with van der Waals surface area (Å²) in [6, 6.07) is 11.3. The van der Waals surface area contributed by atoms with Crippen LogP contribution in [0.2, 0.25) is 0 Å². The number of nitrogens with zero attached hydrogens (tertiary/aromatic N) is 2. The van der Waals surface area contributed by atoms with Crippen LogP contribution in [0.4, 0.5) is 0 Å². The lowest BCUT2D eigenvalue weighted by atomic mass is 10.0. The van der Waals surface area contributed by atoms with Gasteiger partial charge in [0.1, 0.15) is 5.69 Å². The molecular weight excluding hydrogens is 240 g/mol. The summed E-state index contributed by atoms with van der Waals surface area (Å²) in [6.45, 7) is 0. The zero-order valence-corrected chi connectivity index (χ0v) is 10.4. The molecular formula is C15H12N2O2. The second-order valence-electron chi connectivity index (χ2n) is 4.37. The first-order valence-electron chi connectivity index (χ1n) is 5.90. The summed E-state index contributed by atoms with van der Waals surface area (Å²) in [5.74, 6) is -0.924. The predicted molar refractivity (Wildman–Crippen MR) is 73.1 cm³/mol. The minimum Gasteiger partial charge on any atom is -0.477 e. The van der Waals surface area contributed by atoms with Crippen molar-refractivity contribution in [3.8, 4) is 11.3 Å². The normalized spacial score (nSPS) is 10.8. The van der Waals surface area contributed by atoms with E-state index in [9.17, 15) is 4.79 Å². The van der Waals surface area contributed by atoms with Crippen molar-refractivity contribution < 1.29 is 9.90 Å². The number of benzene rings is 1. The molecule has 1 aromatic carbocycles. The first-order valence-corrected chi connectivity index (χ1v) is 5.90. The summed E-state index contributed by atoms with van der Waals surface area (Å²) in [7, 11) is 1.76. The lowest BCUT2D eigenvalue weighted by Gasteiger charge is -2.08. The second kappa shape index (κ2) is 4.24. The third-order valence-electron chi connectivity index (χ3n) is 3.30. The number of hydrogen-bond acceptors (Lipinski definition) is 2. The summed E-state index contributed by atoms with van der Waals surface area (Å²) in [5, 5.41) is 11.2. The zero-order valence-electron chi connectivity index (χ0n) is 10.4. The smallest absolute Gasteiger partial charge is 0.352 e. The van der Waals surface area contributed by atoms with Crippen molar-refractivity contribution in [3.05, 3.63) is 54.5 Å². The van der Waals surface area contributed by atoms with Crippen molar-refractivity contribution in [2.75, 3.05) is 0 Å². The Kier molecular flexibility index (Phi) is 2.56. The topological polar surface area (TPSA) is 55.1 Å². The van der Waals surface area contributed by atoms with Crippen LogP contribution < -0.4 is 0 Å². The molecule has 4 heteroatoms. The number of aromatic nitrogens is 2. The van der Waals surface area contributed by atoms with Crippen LogP contribution in [0.5, 0.6) is 0 Å². The largest absolute Gasteiger partial charge is 0.477 e. The Morgan fingerprint density at radius 2 is 2.05 bits per heavy atom. The fourth-order valence-electron chi connectivity index (χ4n) is 2.33. The van der Waals surface area contributed by atoms with E-state index in [-0.39, 0.29) is 5.69 Å². The van der Waals surface area contributed by atoms with Crippen molar-refractivity contribution in [1.29, 1.82) is 0 Å². The third-order valence-corrected chi connectivity index (χ3v) is 3.30. The highest BCUT2D eigenvalue weighted by Gasteiger charge is 2.13. The molecule has 0 amide bonds. The van der Waals surface area contributed by atoms with E-state index in [1.165, 1.54) is 0 Å². The summed E-state index contributed by atoms with van der Waals surface area (Å²) in [4.78, 5) is 15.2. The first kappa shape index (κ1) is 11.5. The monoisotopic (exact) mass is 252 g/mol. The van der Waals surface area contributed by atoms with Crippen LogP contribution in [0.15, 0.2) is 48.8 Å². The first-order chi connectivity index (χ1) is 9.18. The maximum absolute atomic E-state index is 11.1. The summed E-state index contributed by atoms with van der Waals surface area (Å²) < 4.78 is 1.68. The number of rotatable bonds is 2. The molecule has 0 saturated carbocycles. The van der Waals surface area contributed by atoms with E-state index in [1.807, 2.05) is 30.3 Å². The molecule has 0 unspecified atom stereocenters. The minimum atomic E-state index is -0.924. The van der Waals surface area contributed by atoms with Crippen LogP contribution in [0.3, 0.4) is 0 Å². The van der Waals surface area contributed by atoms with Gasteiger partial charge in [-0.15, -0.1) is 0 Å². The number of carboxylic acid groups (broad SMARTS) is 1. The zero-order chi connectivity index (χ0) is 13.4. The molecule has 1 N–H and O–H groups in total. The maximum Gasteiger partial charge on any atom is 0.352 e. The van der Waals surface area contributed by atoms with Crippen LogP contribution in [0, 0.1) is 0 Å². The van der Waals surface area contributed by atoms with E-state index in [2.05, 4.69) is 4.98 Å². The second-order valence-corrected chi connectivity index (χ2v) is 4.37. The van der Waals surface area contributed by atoms with Gasteiger partial charge >= 0.3 is 5.97 Å². The lowest BCUT2D eigenvalue weighted by Crippen LogP contribution is -2.05. The van der Waals surface area contributed by atoms with Crippen LogP contribution in [-0.4, -0.2) is 20.6 Å². The molecule has 2 heterocycles. The molecule has 0 aliphatic carbocycles. The summed E-state index contributed by atoms with van der Waals surface area (Å²) >= 11 is 0. The highest BCUT2D eigenvalue weighted by molar-refractivity contribution is 5.96. The Balaban J connectivity index is 2.28. The van der Waals surface area contributed by atoms with Gasteiger partial charge in [0.05, 0.1) is 0 Å². The lowest BCUT2D eigenvalue weighted by molar-refractivity contribution is 0.0687. The highest BCUT2D eigenvalue weighted by Crippen LogP contribution is 2.28. The fourth-order valence-corrected chi connectivity index (χ4v) is 2.33. The molecule has 0 fully saturated rings. The molecule has 0 saturated heterocycles. The van der Waals surface area contributed by atoms with Gasteiger partial charge in [0.15, 0.2) is 0 Å². The molecule has 0 aliphatic rings. The van der Waals surface area contributed by atoms with Crippen LogP contribution in [0.25, 0.3) is 22.0 Å². The van der Waals surface area contributed by atoms with Gasteiger partial charge < -0.3 is 9.67 Å². The Hall–Kier alpha value is -2.62. The van der Waals surface area contributed by atoms with E-state index in [4.69, 9.17) is 5.11 Å². The van der Waals surface area contributed by atoms with Crippen molar-refractivity contribution in [2.24, 2.45) is 7.05 Å². The quantitative estimate of drug-likeness (QED) is 0.763. The highest BCUT2D eigenvalue weighted by atomic mass is 16.4. The molecule has 3 aromatic rings. The van der Waals surface area contributed by atoms with E-state index in [0.717, 1.165) is 22.0 Å². The van der Waals surface area contributed by atoms with Gasteiger partial charge in [-0.05, 0) is 23.6 Å². The average molecular weight is 252 g/mol. The fraction of sp³-hybridized carbons (Fsp3) is 0.0667.